The van der Waals surface area contributed by atoms with E-state index in [0.29, 0.717) is 0 Å². The smallest absolute Gasteiger partial charge is 0.0768 e. The van der Waals surface area contributed by atoms with Crippen LogP contribution in [0.25, 0.3) is 0 Å². The average molecular weight is 252 g/mol. The minimum absolute atomic E-state index is 0.202. The molecule has 4 heteroatoms. The third kappa shape index (κ3) is 1.70. The lowest BCUT2D eigenvalue weighted by Gasteiger charge is -2.12. The lowest BCUT2D eigenvalue weighted by Crippen LogP contribution is -2.08. The SMILES string of the molecule is CC(c1ccccc1Br)n1ccnn1. The van der Waals surface area contributed by atoms with Crippen molar-refractivity contribution in [2.45, 2.75) is 13.0 Å². The van der Waals surface area contributed by atoms with Gasteiger partial charge in [-0.3, -0.25) is 0 Å². The molecule has 1 heterocycles. The van der Waals surface area contributed by atoms with Crippen molar-refractivity contribution >= 4 is 15.9 Å². The van der Waals surface area contributed by atoms with Crippen molar-refractivity contribution in [2.75, 3.05) is 0 Å². The summed E-state index contributed by atoms with van der Waals surface area (Å²) in [5, 5.41) is 7.78. The van der Waals surface area contributed by atoms with Crippen LogP contribution in [0.3, 0.4) is 0 Å². The van der Waals surface area contributed by atoms with E-state index >= 15 is 0 Å². The molecule has 2 rings (SSSR count). The van der Waals surface area contributed by atoms with Crippen LogP contribution in [0, 0.1) is 0 Å². The van der Waals surface area contributed by atoms with Gasteiger partial charge in [-0.1, -0.05) is 39.3 Å². The highest BCUT2D eigenvalue weighted by Gasteiger charge is 2.10. The van der Waals surface area contributed by atoms with E-state index < -0.39 is 0 Å². The maximum atomic E-state index is 3.98. The van der Waals surface area contributed by atoms with Crippen molar-refractivity contribution in [2.24, 2.45) is 0 Å². The predicted molar refractivity (Wildman–Crippen MR) is 58.0 cm³/mol. The van der Waals surface area contributed by atoms with E-state index in [2.05, 4.69) is 39.2 Å². The molecule has 0 N–H and O–H groups in total. The average Bonchev–Trinajstić information content (AvgIpc) is 2.70. The molecule has 1 atom stereocenters. The second-order valence-corrected chi connectivity index (χ2v) is 3.93. The van der Waals surface area contributed by atoms with Crippen molar-refractivity contribution in [3.05, 3.63) is 46.7 Å². The van der Waals surface area contributed by atoms with Gasteiger partial charge in [-0.05, 0) is 18.6 Å². The minimum atomic E-state index is 0.202. The molecule has 0 radical (unpaired) electrons. The Balaban J connectivity index is 2.37. The maximum Gasteiger partial charge on any atom is 0.0768 e. The van der Waals surface area contributed by atoms with E-state index in [1.165, 1.54) is 5.56 Å². The maximum absolute atomic E-state index is 3.98. The van der Waals surface area contributed by atoms with Gasteiger partial charge >= 0.3 is 0 Å². The normalized spacial score (nSPS) is 12.7. The largest absolute Gasteiger partial charge is 0.245 e. The minimum Gasteiger partial charge on any atom is -0.245 e. The van der Waals surface area contributed by atoms with Crippen molar-refractivity contribution < 1.29 is 0 Å². The van der Waals surface area contributed by atoms with Crippen molar-refractivity contribution in [3.8, 4) is 0 Å². The van der Waals surface area contributed by atoms with Crippen molar-refractivity contribution in [1.82, 2.24) is 15.0 Å². The highest BCUT2D eigenvalue weighted by molar-refractivity contribution is 9.10. The number of hydrogen-bond acceptors (Lipinski definition) is 2. The zero-order valence-electron chi connectivity index (χ0n) is 7.76. The van der Waals surface area contributed by atoms with Crippen LogP contribution in [0.2, 0.25) is 0 Å². The first-order valence-electron chi connectivity index (χ1n) is 4.39. The van der Waals surface area contributed by atoms with Crippen LogP contribution in [0.15, 0.2) is 41.1 Å². The van der Waals surface area contributed by atoms with Gasteiger partial charge < -0.3 is 0 Å². The molecule has 0 amide bonds. The Hall–Kier alpha value is -1.16. The summed E-state index contributed by atoms with van der Waals surface area (Å²) in [4.78, 5) is 0. The topological polar surface area (TPSA) is 30.7 Å². The third-order valence-corrected chi connectivity index (χ3v) is 2.92. The summed E-state index contributed by atoms with van der Waals surface area (Å²) in [5.74, 6) is 0. The van der Waals surface area contributed by atoms with Gasteiger partial charge in [0.2, 0.25) is 0 Å². The lowest BCUT2D eigenvalue weighted by atomic mass is 10.1. The molecule has 0 fully saturated rings. The van der Waals surface area contributed by atoms with E-state index in [9.17, 15) is 0 Å². The standard InChI is InChI=1S/C10H10BrN3/c1-8(14-7-6-12-13-14)9-4-2-3-5-10(9)11/h2-8H,1H3. The molecule has 3 nitrogen and oxygen atoms in total. The van der Waals surface area contributed by atoms with Crippen molar-refractivity contribution in [1.29, 1.82) is 0 Å². The molecule has 1 aromatic carbocycles. The summed E-state index contributed by atoms with van der Waals surface area (Å²) < 4.78 is 2.93. The fourth-order valence-electron chi connectivity index (χ4n) is 1.38. The summed E-state index contributed by atoms with van der Waals surface area (Å²) in [6, 6.07) is 8.34. The van der Waals surface area contributed by atoms with E-state index in [-0.39, 0.29) is 6.04 Å². The molecule has 1 aromatic heterocycles. The molecule has 0 bridgehead atoms. The highest BCUT2D eigenvalue weighted by Crippen LogP contribution is 2.24. The Morgan fingerprint density at radius 1 is 1.36 bits per heavy atom. The third-order valence-electron chi connectivity index (χ3n) is 2.19. The predicted octanol–water partition coefficient (Wildman–Crippen LogP) is 2.65. The Morgan fingerprint density at radius 2 is 2.14 bits per heavy atom. The van der Waals surface area contributed by atoms with Crippen LogP contribution in [0.4, 0.5) is 0 Å². The van der Waals surface area contributed by atoms with Gasteiger partial charge in [0, 0.05) is 10.7 Å². The van der Waals surface area contributed by atoms with Gasteiger partial charge in [-0.2, -0.15) is 0 Å². The van der Waals surface area contributed by atoms with Crippen LogP contribution < -0.4 is 0 Å². The van der Waals surface area contributed by atoms with Gasteiger partial charge in [0.05, 0.1) is 12.2 Å². The molecular formula is C10H10BrN3. The van der Waals surface area contributed by atoms with Crippen LogP contribution in [0.5, 0.6) is 0 Å². The van der Waals surface area contributed by atoms with E-state index in [1.54, 1.807) is 6.20 Å². The van der Waals surface area contributed by atoms with Gasteiger partial charge in [-0.15, -0.1) is 5.10 Å². The van der Waals surface area contributed by atoms with Gasteiger partial charge in [-0.25, -0.2) is 4.68 Å². The lowest BCUT2D eigenvalue weighted by molar-refractivity contribution is 0.541. The molecule has 0 aliphatic heterocycles. The summed E-state index contributed by atoms with van der Waals surface area (Å²) >= 11 is 3.52. The van der Waals surface area contributed by atoms with Gasteiger partial charge in [0.1, 0.15) is 0 Å². The number of hydrogen-bond donors (Lipinski definition) is 0. The Morgan fingerprint density at radius 3 is 2.79 bits per heavy atom. The molecule has 0 aliphatic carbocycles. The second-order valence-electron chi connectivity index (χ2n) is 3.08. The molecule has 14 heavy (non-hydrogen) atoms. The molecule has 0 aliphatic rings. The zero-order valence-corrected chi connectivity index (χ0v) is 9.35. The van der Waals surface area contributed by atoms with Gasteiger partial charge in [0.15, 0.2) is 0 Å². The number of aromatic nitrogens is 3. The number of rotatable bonds is 2. The Labute approximate surface area is 90.9 Å². The van der Waals surface area contributed by atoms with E-state index in [1.807, 2.05) is 29.1 Å². The molecule has 1 unspecified atom stereocenters. The number of halogens is 1. The zero-order chi connectivity index (χ0) is 9.97. The van der Waals surface area contributed by atoms with Crippen LogP contribution in [-0.4, -0.2) is 15.0 Å². The molecule has 0 saturated carbocycles. The number of benzene rings is 1. The quantitative estimate of drug-likeness (QED) is 0.822. The molecule has 72 valence electrons. The van der Waals surface area contributed by atoms with Crippen LogP contribution >= 0.6 is 15.9 Å². The summed E-state index contributed by atoms with van der Waals surface area (Å²) in [7, 11) is 0. The van der Waals surface area contributed by atoms with Crippen molar-refractivity contribution in [3.63, 3.8) is 0 Å². The number of nitrogens with zero attached hydrogens (tertiary/aromatic N) is 3. The molecule has 2 aromatic rings. The Bertz CT molecular complexity index is 411. The molecule has 0 spiro atoms. The first kappa shape index (κ1) is 9.40. The van der Waals surface area contributed by atoms with E-state index in [0.717, 1.165) is 4.47 Å². The fourth-order valence-corrected chi connectivity index (χ4v) is 2.00. The Kier molecular flexibility index (Phi) is 2.63. The first-order valence-corrected chi connectivity index (χ1v) is 5.18. The van der Waals surface area contributed by atoms with Gasteiger partial charge in [0.25, 0.3) is 0 Å². The second kappa shape index (κ2) is 3.92. The first-order chi connectivity index (χ1) is 6.79. The molecular weight excluding hydrogens is 242 g/mol. The van der Waals surface area contributed by atoms with Crippen LogP contribution in [0.1, 0.15) is 18.5 Å². The summed E-state index contributed by atoms with van der Waals surface area (Å²) in [6.07, 6.45) is 3.55. The fraction of sp³-hybridized carbons (Fsp3) is 0.200. The summed E-state index contributed by atoms with van der Waals surface area (Å²) in [5.41, 5.74) is 1.21. The summed E-state index contributed by atoms with van der Waals surface area (Å²) in [6.45, 7) is 2.09. The molecule has 0 saturated heterocycles. The van der Waals surface area contributed by atoms with E-state index in [4.69, 9.17) is 0 Å². The monoisotopic (exact) mass is 251 g/mol. The highest BCUT2D eigenvalue weighted by atomic mass is 79.9. The van der Waals surface area contributed by atoms with Crippen LogP contribution in [-0.2, 0) is 0 Å².